The first-order chi connectivity index (χ1) is 18.6. The van der Waals surface area contributed by atoms with Gasteiger partial charge in [0.15, 0.2) is 11.5 Å². The van der Waals surface area contributed by atoms with Gasteiger partial charge in [0.05, 0.1) is 18.3 Å². The zero-order valence-electron chi connectivity index (χ0n) is 21.8. The summed E-state index contributed by atoms with van der Waals surface area (Å²) in [5.41, 5.74) is 2.08. The molecular formula is C30H31F3O6. The fourth-order valence-electron chi connectivity index (χ4n) is 4.37. The van der Waals surface area contributed by atoms with Crippen LogP contribution in [0.3, 0.4) is 0 Å². The van der Waals surface area contributed by atoms with Gasteiger partial charge in [0.2, 0.25) is 0 Å². The average molecular weight is 545 g/mol. The summed E-state index contributed by atoms with van der Waals surface area (Å²) >= 11 is 0. The number of fused-ring (bicyclic) bond motifs is 1. The van der Waals surface area contributed by atoms with Crippen LogP contribution in [0.15, 0.2) is 54.6 Å². The molecule has 0 aliphatic carbocycles. The van der Waals surface area contributed by atoms with Crippen molar-refractivity contribution in [3.63, 3.8) is 0 Å². The second kappa shape index (κ2) is 12.3. The van der Waals surface area contributed by atoms with E-state index in [0.29, 0.717) is 66.8 Å². The van der Waals surface area contributed by atoms with Crippen molar-refractivity contribution >= 4 is 5.97 Å². The van der Waals surface area contributed by atoms with Gasteiger partial charge in [-0.25, -0.2) is 0 Å². The normalized spacial score (nSPS) is 13.6. The molecule has 0 bridgehead atoms. The molecule has 1 aliphatic heterocycles. The number of carboxylic acids is 1. The molecular weight excluding hydrogens is 513 g/mol. The van der Waals surface area contributed by atoms with Crippen molar-refractivity contribution in [1.29, 1.82) is 0 Å². The maximum Gasteiger partial charge on any atom is 0.416 e. The fourth-order valence-corrected chi connectivity index (χ4v) is 4.37. The number of ether oxygens (including phenoxy) is 4. The molecule has 0 amide bonds. The highest BCUT2D eigenvalue weighted by Gasteiger charge is 2.31. The number of halogens is 3. The van der Waals surface area contributed by atoms with Crippen molar-refractivity contribution in [1.82, 2.24) is 0 Å². The maximum absolute atomic E-state index is 13.5. The van der Waals surface area contributed by atoms with Gasteiger partial charge >= 0.3 is 12.1 Å². The summed E-state index contributed by atoms with van der Waals surface area (Å²) in [7, 11) is 0. The van der Waals surface area contributed by atoms with E-state index in [4.69, 9.17) is 24.1 Å². The van der Waals surface area contributed by atoms with E-state index in [1.54, 1.807) is 18.2 Å². The third-order valence-electron chi connectivity index (χ3n) is 6.45. The van der Waals surface area contributed by atoms with Gasteiger partial charge < -0.3 is 24.1 Å². The fraction of sp³-hybridized carbons (Fsp3) is 0.367. The van der Waals surface area contributed by atoms with Crippen molar-refractivity contribution < 1.29 is 42.0 Å². The van der Waals surface area contributed by atoms with E-state index in [9.17, 15) is 18.0 Å². The Labute approximate surface area is 225 Å². The largest absolute Gasteiger partial charge is 0.493 e. The highest BCUT2D eigenvalue weighted by molar-refractivity contribution is 5.74. The number of carboxylic acid groups (broad SMARTS) is 1. The molecule has 39 heavy (non-hydrogen) atoms. The zero-order chi connectivity index (χ0) is 28.0. The quantitative estimate of drug-likeness (QED) is 0.281. The van der Waals surface area contributed by atoms with Gasteiger partial charge in [-0.1, -0.05) is 19.1 Å². The van der Waals surface area contributed by atoms with Crippen molar-refractivity contribution in [3.8, 4) is 34.1 Å². The lowest BCUT2D eigenvalue weighted by Gasteiger charge is -2.21. The Hall–Kier alpha value is -3.88. The molecule has 3 aromatic rings. The standard InChI is InChI=1S/C30H31F3O6/c1-3-20-16-24(8-4-21(20)6-11-29(34)35)36-13-12-19(2)39-26-10-7-23(30(31,32)33)18-25(26)22-5-9-27-28(17-22)38-15-14-37-27/h4-5,7-10,16-19H,3,6,11-15H2,1-2H3,(H,34,35)/t19-/m0/s1. The molecule has 0 fully saturated rings. The Morgan fingerprint density at radius 1 is 1.00 bits per heavy atom. The summed E-state index contributed by atoms with van der Waals surface area (Å²) in [6.07, 6.45) is -3.08. The van der Waals surface area contributed by atoms with Gasteiger partial charge in [-0.2, -0.15) is 13.2 Å². The summed E-state index contributed by atoms with van der Waals surface area (Å²) in [5, 5.41) is 8.95. The Morgan fingerprint density at radius 3 is 2.49 bits per heavy atom. The molecule has 1 N–H and O–H groups in total. The van der Waals surface area contributed by atoms with E-state index >= 15 is 0 Å². The summed E-state index contributed by atoms with van der Waals surface area (Å²) in [6.45, 7) is 4.95. The van der Waals surface area contributed by atoms with E-state index in [0.717, 1.165) is 29.7 Å². The maximum atomic E-state index is 13.5. The predicted octanol–water partition coefficient (Wildman–Crippen LogP) is 6.96. The van der Waals surface area contributed by atoms with Crippen LogP contribution in [0.5, 0.6) is 23.0 Å². The Morgan fingerprint density at radius 2 is 1.77 bits per heavy atom. The van der Waals surface area contributed by atoms with E-state index in [1.807, 2.05) is 32.0 Å². The second-order valence-corrected chi connectivity index (χ2v) is 9.31. The SMILES string of the molecule is CCc1cc(OCC[C@H](C)Oc2ccc(C(F)(F)F)cc2-c2ccc3c(c2)OCCO3)ccc1CCC(=O)O. The third kappa shape index (κ3) is 7.37. The number of hydrogen-bond acceptors (Lipinski definition) is 5. The van der Waals surface area contributed by atoms with Gasteiger partial charge in [0, 0.05) is 18.4 Å². The van der Waals surface area contributed by atoms with Crippen LogP contribution in [-0.2, 0) is 23.8 Å². The number of alkyl halides is 3. The number of aryl methyl sites for hydroxylation is 2. The van der Waals surface area contributed by atoms with E-state index in [1.165, 1.54) is 6.07 Å². The second-order valence-electron chi connectivity index (χ2n) is 9.31. The third-order valence-corrected chi connectivity index (χ3v) is 6.45. The molecule has 0 saturated heterocycles. The molecule has 1 aliphatic rings. The molecule has 1 atom stereocenters. The molecule has 0 unspecified atom stereocenters. The van der Waals surface area contributed by atoms with Crippen LogP contribution in [0.2, 0.25) is 0 Å². The van der Waals surface area contributed by atoms with E-state index in [2.05, 4.69) is 0 Å². The molecule has 0 saturated carbocycles. The topological polar surface area (TPSA) is 74.2 Å². The molecule has 208 valence electrons. The van der Waals surface area contributed by atoms with Gasteiger partial charge in [-0.15, -0.1) is 0 Å². The average Bonchev–Trinajstić information content (AvgIpc) is 2.91. The van der Waals surface area contributed by atoms with E-state index in [-0.39, 0.29) is 12.5 Å². The first-order valence-electron chi connectivity index (χ1n) is 12.9. The highest BCUT2D eigenvalue weighted by Crippen LogP contribution is 2.41. The first kappa shape index (κ1) is 28.1. The van der Waals surface area contributed by atoms with Crippen LogP contribution in [0.4, 0.5) is 13.2 Å². The van der Waals surface area contributed by atoms with Crippen molar-refractivity contribution in [3.05, 3.63) is 71.3 Å². The molecule has 1 heterocycles. The minimum atomic E-state index is -4.50. The Balaban J connectivity index is 1.45. The van der Waals surface area contributed by atoms with Crippen LogP contribution in [0.1, 0.15) is 43.4 Å². The molecule has 0 aromatic heterocycles. The number of carbonyl (C=O) groups is 1. The van der Waals surface area contributed by atoms with Gasteiger partial charge in [-0.05, 0) is 78.9 Å². The first-order valence-corrected chi connectivity index (χ1v) is 12.9. The smallest absolute Gasteiger partial charge is 0.416 e. The monoisotopic (exact) mass is 544 g/mol. The lowest BCUT2D eigenvalue weighted by Crippen LogP contribution is -2.17. The Bertz CT molecular complexity index is 1300. The Kier molecular flexibility index (Phi) is 8.89. The van der Waals surface area contributed by atoms with Crippen LogP contribution >= 0.6 is 0 Å². The molecule has 0 radical (unpaired) electrons. The summed E-state index contributed by atoms with van der Waals surface area (Å²) < 4.78 is 63.7. The van der Waals surface area contributed by atoms with Crippen molar-refractivity contribution in [2.75, 3.05) is 19.8 Å². The number of aliphatic carboxylic acids is 1. The number of rotatable bonds is 11. The summed E-state index contributed by atoms with van der Waals surface area (Å²) in [5.74, 6) is 1.18. The van der Waals surface area contributed by atoms with Gasteiger partial charge in [0.1, 0.15) is 24.7 Å². The molecule has 6 nitrogen and oxygen atoms in total. The minimum Gasteiger partial charge on any atom is -0.493 e. The van der Waals surface area contributed by atoms with E-state index < -0.39 is 17.7 Å². The zero-order valence-corrected chi connectivity index (χ0v) is 21.8. The molecule has 9 heteroatoms. The van der Waals surface area contributed by atoms with Gasteiger partial charge in [-0.3, -0.25) is 4.79 Å². The predicted molar refractivity (Wildman–Crippen MR) is 140 cm³/mol. The van der Waals surface area contributed by atoms with Crippen molar-refractivity contribution in [2.45, 2.75) is 51.8 Å². The molecule has 4 rings (SSSR count). The van der Waals surface area contributed by atoms with Crippen LogP contribution in [0, 0.1) is 0 Å². The lowest BCUT2D eigenvalue weighted by atomic mass is 10.0. The number of benzene rings is 3. The minimum absolute atomic E-state index is 0.0697. The number of hydrogen-bond donors (Lipinski definition) is 1. The summed E-state index contributed by atoms with van der Waals surface area (Å²) in [4.78, 5) is 10.9. The summed E-state index contributed by atoms with van der Waals surface area (Å²) in [6, 6.07) is 14.1. The molecule has 0 spiro atoms. The van der Waals surface area contributed by atoms with Crippen LogP contribution in [0.25, 0.3) is 11.1 Å². The van der Waals surface area contributed by atoms with Crippen LogP contribution in [-0.4, -0.2) is 37.0 Å². The van der Waals surface area contributed by atoms with Crippen molar-refractivity contribution in [2.24, 2.45) is 0 Å². The molecule has 3 aromatic carbocycles. The highest BCUT2D eigenvalue weighted by atomic mass is 19.4. The van der Waals surface area contributed by atoms with Gasteiger partial charge in [0.25, 0.3) is 0 Å². The van der Waals surface area contributed by atoms with Crippen LogP contribution < -0.4 is 18.9 Å². The lowest BCUT2D eigenvalue weighted by molar-refractivity contribution is -0.138.